The van der Waals surface area contributed by atoms with Gasteiger partial charge in [-0.25, -0.2) is 8.78 Å². The number of benzene rings is 2. The van der Waals surface area contributed by atoms with E-state index in [4.69, 9.17) is 12.2 Å². The van der Waals surface area contributed by atoms with Crippen LogP contribution in [0.4, 0.5) is 8.78 Å². The van der Waals surface area contributed by atoms with Gasteiger partial charge in [-0.15, -0.1) is 0 Å². The Labute approximate surface area is 126 Å². The van der Waals surface area contributed by atoms with Gasteiger partial charge in [0.1, 0.15) is 22.0 Å². The molecule has 3 aromatic rings. The van der Waals surface area contributed by atoms with Gasteiger partial charge in [0.25, 0.3) is 0 Å². The van der Waals surface area contributed by atoms with Gasteiger partial charge in [0, 0.05) is 10.8 Å². The van der Waals surface area contributed by atoms with Gasteiger partial charge in [-0.05, 0) is 28.1 Å². The maximum atomic E-state index is 14.2. The van der Waals surface area contributed by atoms with Crippen LogP contribution in [0.3, 0.4) is 0 Å². The molecular weight excluding hydrogens is 346 g/mol. The summed E-state index contributed by atoms with van der Waals surface area (Å²) in [6.07, 6.45) is 0. The number of hydrogen-bond acceptors (Lipinski definition) is 2. The maximum absolute atomic E-state index is 14.2. The van der Waals surface area contributed by atoms with Gasteiger partial charge in [0.15, 0.2) is 0 Å². The average Bonchev–Trinajstić information content (AvgIpc) is 2.46. The molecule has 1 N–H and O–H groups in total. The van der Waals surface area contributed by atoms with E-state index in [-0.39, 0.29) is 15.7 Å². The van der Waals surface area contributed by atoms with Gasteiger partial charge in [0.05, 0.1) is 10.0 Å². The Balaban J connectivity index is 2.46. The third-order valence-corrected chi connectivity index (χ3v) is 3.90. The molecule has 0 aliphatic carbocycles. The summed E-state index contributed by atoms with van der Waals surface area (Å²) in [5.41, 5.74) is 0.0207. The van der Waals surface area contributed by atoms with Crippen LogP contribution in [0.2, 0.25) is 0 Å². The fraction of sp³-hybridized carbons (Fsp3) is 0. The SMILES string of the molecule is Fc1ccc(Br)c(F)c1-c1n[nH]c(=S)c2ccccc12. The van der Waals surface area contributed by atoms with Crippen molar-refractivity contribution in [3.63, 3.8) is 0 Å². The highest BCUT2D eigenvalue weighted by Gasteiger charge is 2.18. The predicted octanol–water partition coefficient (Wildman–Crippen LogP) is 5.00. The predicted molar refractivity (Wildman–Crippen MR) is 80.0 cm³/mol. The molecule has 0 saturated carbocycles. The smallest absolute Gasteiger partial charge is 0.149 e. The van der Waals surface area contributed by atoms with Crippen LogP contribution >= 0.6 is 28.1 Å². The number of aromatic nitrogens is 2. The van der Waals surface area contributed by atoms with Gasteiger partial charge < -0.3 is 0 Å². The Hall–Kier alpha value is -1.66. The molecule has 0 radical (unpaired) electrons. The second kappa shape index (κ2) is 5.03. The Bertz CT molecular complexity index is 877. The second-order valence-electron chi connectivity index (χ2n) is 4.17. The lowest BCUT2D eigenvalue weighted by Gasteiger charge is -2.09. The van der Waals surface area contributed by atoms with E-state index in [0.717, 1.165) is 0 Å². The average molecular weight is 353 g/mol. The van der Waals surface area contributed by atoms with E-state index >= 15 is 0 Å². The molecule has 3 rings (SSSR count). The molecule has 0 spiro atoms. The van der Waals surface area contributed by atoms with Gasteiger partial charge in [-0.2, -0.15) is 5.10 Å². The molecule has 0 amide bonds. The van der Waals surface area contributed by atoms with Crippen molar-refractivity contribution in [3.05, 3.63) is 57.1 Å². The monoisotopic (exact) mass is 352 g/mol. The number of aromatic amines is 1. The van der Waals surface area contributed by atoms with Crippen molar-refractivity contribution in [2.75, 3.05) is 0 Å². The van der Waals surface area contributed by atoms with E-state index in [1.807, 2.05) is 6.07 Å². The van der Waals surface area contributed by atoms with Gasteiger partial charge in [0.2, 0.25) is 0 Å². The molecule has 0 aliphatic heterocycles. The standard InChI is InChI=1S/C14H7BrF2N2S/c15-9-5-6-10(16)11(12(9)17)13-7-3-1-2-4-8(7)14(20)19-18-13/h1-6H,(H,19,20). The van der Waals surface area contributed by atoms with Crippen molar-refractivity contribution < 1.29 is 8.78 Å². The van der Waals surface area contributed by atoms with Crippen molar-refractivity contribution in [1.82, 2.24) is 10.2 Å². The quantitative estimate of drug-likeness (QED) is 0.493. The van der Waals surface area contributed by atoms with Crippen molar-refractivity contribution in [3.8, 4) is 11.3 Å². The van der Waals surface area contributed by atoms with Crippen molar-refractivity contribution in [2.45, 2.75) is 0 Å². The molecule has 6 heteroatoms. The number of rotatable bonds is 1. The molecule has 1 aromatic heterocycles. The normalized spacial score (nSPS) is 10.9. The Morgan fingerprint density at radius 3 is 2.50 bits per heavy atom. The summed E-state index contributed by atoms with van der Waals surface area (Å²) < 4.78 is 28.8. The minimum Gasteiger partial charge on any atom is -0.267 e. The van der Waals surface area contributed by atoms with E-state index in [0.29, 0.717) is 15.4 Å². The molecule has 100 valence electrons. The first-order valence-corrected chi connectivity index (χ1v) is 6.91. The summed E-state index contributed by atoms with van der Waals surface area (Å²) >= 11 is 8.20. The van der Waals surface area contributed by atoms with E-state index in [2.05, 4.69) is 26.1 Å². The molecule has 20 heavy (non-hydrogen) atoms. The highest BCUT2D eigenvalue weighted by molar-refractivity contribution is 9.10. The van der Waals surface area contributed by atoms with E-state index in [1.165, 1.54) is 12.1 Å². The third-order valence-electron chi connectivity index (χ3n) is 2.98. The summed E-state index contributed by atoms with van der Waals surface area (Å²) in [4.78, 5) is 0. The topological polar surface area (TPSA) is 28.7 Å². The Morgan fingerprint density at radius 2 is 1.75 bits per heavy atom. The minimum absolute atomic E-state index is 0.179. The first kappa shape index (κ1) is 13.3. The number of nitrogens with one attached hydrogen (secondary N) is 1. The van der Waals surface area contributed by atoms with Crippen LogP contribution in [0.15, 0.2) is 40.9 Å². The molecule has 2 nitrogen and oxygen atoms in total. The van der Waals surface area contributed by atoms with Crippen LogP contribution in [0.5, 0.6) is 0 Å². The van der Waals surface area contributed by atoms with Crippen LogP contribution < -0.4 is 0 Å². The number of H-pyrrole nitrogens is 1. The van der Waals surface area contributed by atoms with Crippen LogP contribution in [-0.2, 0) is 0 Å². The molecule has 0 saturated heterocycles. The van der Waals surface area contributed by atoms with Crippen molar-refractivity contribution >= 4 is 38.9 Å². The summed E-state index contributed by atoms with van der Waals surface area (Å²) in [6, 6.07) is 9.62. The molecule has 0 unspecified atom stereocenters. The second-order valence-corrected chi connectivity index (χ2v) is 5.43. The lowest BCUT2D eigenvalue weighted by atomic mass is 10.0. The molecular formula is C14H7BrF2N2S. The first-order valence-electron chi connectivity index (χ1n) is 5.71. The Kier molecular flexibility index (Phi) is 3.35. The van der Waals surface area contributed by atoms with Crippen molar-refractivity contribution in [2.24, 2.45) is 0 Å². The van der Waals surface area contributed by atoms with Gasteiger partial charge in [-0.3, -0.25) is 5.10 Å². The highest BCUT2D eigenvalue weighted by atomic mass is 79.9. The van der Waals surface area contributed by atoms with Crippen LogP contribution in [0, 0.1) is 16.3 Å². The maximum Gasteiger partial charge on any atom is 0.149 e. The minimum atomic E-state index is -0.687. The number of nitrogens with zero attached hydrogens (tertiary/aromatic N) is 1. The number of fused-ring (bicyclic) bond motifs is 1. The summed E-state index contributed by atoms with van der Waals surface area (Å²) in [7, 11) is 0. The zero-order valence-electron chi connectivity index (χ0n) is 9.95. The lowest BCUT2D eigenvalue weighted by molar-refractivity contribution is 0.584. The molecule has 0 atom stereocenters. The number of hydrogen-bond donors (Lipinski definition) is 1. The summed E-state index contributed by atoms with van der Waals surface area (Å²) in [6.45, 7) is 0. The largest absolute Gasteiger partial charge is 0.267 e. The van der Waals surface area contributed by atoms with Gasteiger partial charge >= 0.3 is 0 Å². The molecule has 1 heterocycles. The zero-order chi connectivity index (χ0) is 14.3. The first-order chi connectivity index (χ1) is 9.59. The Morgan fingerprint density at radius 1 is 1.05 bits per heavy atom. The number of halogens is 3. The van der Waals surface area contributed by atoms with E-state index in [1.54, 1.807) is 18.2 Å². The molecule has 2 aromatic carbocycles. The van der Waals surface area contributed by atoms with E-state index in [9.17, 15) is 8.78 Å². The summed E-state index contributed by atoms with van der Waals surface area (Å²) in [5, 5.41) is 7.94. The van der Waals surface area contributed by atoms with Crippen LogP contribution in [0.1, 0.15) is 0 Å². The fourth-order valence-corrected chi connectivity index (χ4v) is 2.60. The fourth-order valence-electron chi connectivity index (χ4n) is 2.05. The third kappa shape index (κ3) is 2.05. The molecule has 0 aliphatic rings. The highest BCUT2D eigenvalue weighted by Crippen LogP contribution is 2.33. The zero-order valence-corrected chi connectivity index (χ0v) is 12.4. The molecule has 0 bridgehead atoms. The summed E-state index contributed by atoms with van der Waals surface area (Å²) in [5.74, 6) is -1.36. The lowest BCUT2D eigenvalue weighted by Crippen LogP contribution is -1.97. The van der Waals surface area contributed by atoms with Crippen LogP contribution in [-0.4, -0.2) is 10.2 Å². The van der Waals surface area contributed by atoms with Crippen molar-refractivity contribution in [1.29, 1.82) is 0 Å². The van der Waals surface area contributed by atoms with E-state index < -0.39 is 11.6 Å². The molecule has 0 fully saturated rings. The van der Waals surface area contributed by atoms with Gasteiger partial charge in [-0.1, -0.05) is 36.5 Å². The van der Waals surface area contributed by atoms with Crippen LogP contribution in [0.25, 0.3) is 22.0 Å².